The van der Waals surface area contributed by atoms with E-state index in [1.165, 1.54) is 30.5 Å². The molecular weight excluding hydrogens is 116 g/mol. The molecule has 0 aliphatic heterocycles. The molecule has 0 bridgehead atoms. The minimum absolute atomic E-state index is 0.965. The van der Waals surface area contributed by atoms with Crippen LogP contribution in [-0.4, -0.2) is 4.86 Å². The number of thiocarbonyl (C=S) groups is 1. The second-order valence-corrected chi connectivity index (χ2v) is 3.40. The highest BCUT2D eigenvalue weighted by Crippen LogP contribution is 2.29. The largest absolute Gasteiger partial charge is 0.0900 e. The van der Waals surface area contributed by atoms with Gasteiger partial charge in [-0.05, 0) is 24.1 Å². The van der Waals surface area contributed by atoms with Gasteiger partial charge < -0.3 is 0 Å². The highest BCUT2D eigenvalue weighted by molar-refractivity contribution is 7.80. The molecule has 1 heteroatoms. The van der Waals surface area contributed by atoms with Crippen molar-refractivity contribution in [3.63, 3.8) is 0 Å². The topological polar surface area (TPSA) is 0 Å². The van der Waals surface area contributed by atoms with E-state index in [0.29, 0.717) is 0 Å². The van der Waals surface area contributed by atoms with E-state index in [2.05, 4.69) is 0 Å². The van der Waals surface area contributed by atoms with Crippen LogP contribution in [-0.2, 0) is 0 Å². The summed E-state index contributed by atoms with van der Waals surface area (Å²) in [6.07, 6.45) is 5.49. The van der Waals surface area contributed by atoms with Gasteiger partial charge in [-0.25, -0.2) is 0 Å². The van der Waals surface area contributed by atoms with Gasteiger partial charge in [-0.1, -0.05) is 31.5 Å². The van der Waals surface area contributed by atoms with Crippen LogP contribution in [0.2, 0.25) is 0 Å². The summed E-state index contributed by atoms with van der Waals surface area (Å²) in [6.45, 7) is 2.05. The molecular formula is C7H12S. The molecule has 0 amide bonds. The summed E-state index contributed by atoms with van der Waals surface area (Å²) in [5.41, 5.74) is 0. The van der Waals surface area contributed by atoms with Gasteiger partial charge in [0, 0.05) is 0 Å². The molecule has 1 fully saturated rings. The van der Waals surface area contributed by atoms with Crippen LogP contribution < -0.4 is 0 Å². The Morgan fingerprint density at radius 1 is 1.62 bits per heavy atom. The first-order chi connectivity index (χ1) is 3.79. The molecule has 1 aliphatic rings. The Morgan fingerprint density at radius 3 is 2.38 bits per heavy atom. The van der Waals surface area contributed by atoms with Crippen LogP contribution in [0.1, 0.15) is 32.6 Å². The van der Waals surface area contributed by atoms with Crippen LogP contribution in [0.15, 0.2) is 0 Å². The van der Waals surface area contributed by atoms with Crippen molar-refractivity contribution in [2.75, 3.05) is 0 Å². The van der Waals surface area contributed by atoms with Gasteiger partial charge in [0.05, 0.1) is 0 Å². The molecule has 0 aromatic carbocycles. The predicted octanol–water partition coefficient (Wildman–Crippen LogP) is 2.57. The summed E-state index contributed by atoms with van der Waals surface area (Å²) in [5.74, 6) is 0.965. The van der Waals surface area contributed by atoms with Gasteiger partial charge in [0.15, 0.2) is 0 Å². The van der Waals surface area contributed by atoms with Crippen LogP contribution in [0.3, 0.4) is 0 Å². The van der Waals surface area contributed by atoms with E-state index >= 15 is 0 Å². The molecule has 0 N–H and O–H groups in total. The molecule has 1 rings (SSSR count). The molecule has 0 atom stereocenters. The summed E-state index contributed by atoms with van der Waals surface area (Å²) >= 11 is 4.97. The third-order valence-electron chi connectivity index (χ3n) is 1.80. The Balaban J connectivity index is 2.09. The third kappa shape index (κ3) is 1.55. The lowest BCUT2D eigenvalue weighted by Crippen LogP contribution is -2.13. The Hall–Kier alpha value is 0.0900. The van der Waals surface area contributed by atoms with Crippen LogP contribution >= 0.6 is 12.2 Å². The smallest absolute Gasteiger partial charge is 0.00997 e. The first-order valence-electron chi connectivity index (χ1n) is 3.28. The third-order valence-corrected chi connectivity index (χ3v) is 1.97. The maximum Gasteiger partial charge on any atom is -0.00997 e. The summed E-state index contributed by atoms with van der Waals surface area (Å²) < 4.78 is 0. The minimum atomic E-state index is 0.965. The Bertz CT molecular complexity index is 92.6. The molecule has 0 heterocycles. The average Bonchev–Trinajstić information content (AvgIpc) is 1.55. The first-order valence-corrected chi connectivity index (χ1v) is 3.69. The van der Waals surface area contributed by atoms with Crippen molar-refractivity contribution >= 4 is 17.1 Å². The maximum atomic E-state index is 4.97. The van der Waals surface area contributed by atoms with Crippen molar-refractivity contribution < 1.29 is 0 Å². The summed E-state index contributed by atoms with van der Waals surface area (Å²) in [7, 11) is 0. The van der Waals surface area contributed by atoms with E-state index in [-0.39, 0.29) is 0 Å². The molecule has 46 valence electrons. The van der Waals surface area contributed by atoms with Gasteiger partial charge in [-0.3, -0.25) is 0 Å². The van der Waals surface area contributed by atoms with Crippen LogP contribution in [0.25, 0.3) is 0 Å². The zero-order valence-electron chi connectivity index (χ0n) is 5.31. The Labute approximate surface area is 56.3 Å². The molecule has 0 saturated heterocycles. The van der Waals surface area contributed by atoms with Crippen LogP contribution in [0, 0.1) is 5.92 Å². The van der Waals surface area contributed by atoms with Crippen LogP contribution in [0.4, 0.5) is 0 Å². The fourth-order valence-electron chi connectivity index (χ4n) is 1.10. The molecule has 0 unspecified atom stereocenters. The van der Waals surface area contributed by atoms with E-state index < -0.39 is 0 Å². The SMILES string of the molecule is CC(=S)CC1CCC1. The number of hydrogen-bond donors (Lipinski definition) is 0. The molecule has 0 spiro atoms. The molecule has 0 aromatic heterocycles. The maximum absolute atomic E-state index is 4.97. The summed E-state index contributed by atoms with van der Waals surface area (Å²) in [6, 6.07) is 0. The van der Waals surface area contributed by atoms with E-state index in [1.54, 1.807) is 0 Å². The van der Waals surface area contributed by atoms with E-state index in [0.717, 1.165) is 5.92 Å². The molecule has 0 nitrogen and oxygen atoms in total. The molecule has 0 radical (unpaired) electrons. The summed E-state index contributed by atoms with van der Waals surface area (Å²) in [4.78, 5) is 1.19. The van der Waals surface area contributed by atoms with Gasteiger partial charge in [0.25, 0.3) is 0 Å². The van der Waals surface area contributed by atoms with E-state index in [1.807, 2.05) is 6.92 Å². The van der Waals surface area contributed by atoms with E-state index in [4.69, 9.17) is 12.2 Å². The fourth-order valence-corrected chi connectivity index (χ4v) is 1.34. The summed E-state index contributed by atoms with van der Waals surface area (Å²) in [5, 5.41) is 0. The van der Waals surface area contributed by atoms with Crippen LogP contribution in [0.5, 0.6) is 0 Å². The number of rotatable bonds is 2. The lowest BCUT2D eigenvalue weighted by molar-refractivity contribution is 0.328. The fraction of sp³-hybridized carbons (Fsp3) is 0.857. The van der Waals surface area contributed by atoms with Crippen molar-refractivity contribution in [3.05, 3.63) is 0 Å². The average molecular weight is 128 g/mol. The normalized spacial score (nSPS) is 20.1. The van der Waals surface area contributed by atoms with Gasteiger partial charge in [-0.15, -0.1) is 0 Å². The van der Waals surface area contributed by atoms with Crippen molar-refractivity contribution in [1.29, 1.82) is 0 Å². The molecule has 0 aromatic rings. The quantitative estimate of drug-likeness (QED) is 0.515. The predicted molar refractivity (Wildman–Crippen MR) is 40.2 cm³/mol. The zero-order valence-corrected chi connectivity index (χ0v) is 6.13. The van der Waals surface area contributed by atoms with E-state index in [9.17, 15) is 0 Å². The monoisotopic (exact) mass is 128 g/mol. The van der Waals surface area contributed by atoms with Crippen molar-refractivity contribution in [3.8, 4) is 0 Å². The first kappa shape index (κ1) is 6.21. The van der Waals surface area contributed by atoms with Gasteiger partial charge >= 0.3 is 0 Å². The zero-order chi connectivity index (χ0) is 5.98. The Kier molecular flexibility index (Phi) is 2.01. The van der Waals surface area contributed by atoms with Crippen molar-refractivity contribution in [2.45, 2.75) is 32.6 Å². The highest BCUT2D eigenvalue weighted by Gasteiger charge is 2.16. The van der Waals surface area contributed by atoms with Crippen molar-refractivity contribution in [1.82, 2.24) is 0 Å². The lowest BCUT2D eigenvalue weighted by atomic mass is 9.82. The second-order valence-electron chi connectivity index (χ2n) is 2.70. The second kappa shape index (κ2) is 2.58. The van der Waals surface area contributed by atoms with Gasteiger partial charge in [-0.2, -0.15) is 0 Å². The molecule has 1 saturated carbocycles. The van der Waals surface area contributed by atoms with Crippen molar-refractivity contribution in [2.24, 2.45) is 5.92 Å². The standard InChI is InChI=1S/C7H12S/c1-6(8)5-7-3-2-4-7/h7H,2-5H2,1H3. The minimum Gasteiger partial charge on any atom is -0.0900 e. The van der Waals surface area contributed by atoms with Gasteiger partial charge in [0.2, 0.25) is 0 Å². The molecule has 8 heavy (non-hydrogen) atoms. The lowest BCUT2D eigenvalue weighted by Gasteiger charge is -2.24. The van der Waals surface area contributed by atoms with Gasteiger partial charge in [0.1, 0.15) is 0 Å². The highest BCUT2D eigenvalue weighted by atomic mass is 32.1. The Morgan fingerprint density at radius 2 is 2.25 bits per heavy atom. The number of hydrogen-bond acceptors (Lipinski definition) is 1. The molecule has 1 aliphatic carbocycles.